The van der Waals surface area contributed by atoms with Crippen molar-refractivity contribution in [2.45, 2.75) is 26.3 Å². The minimum absolute atomic E-state index is 0.0555. The zero-order valence-corrected chi connectivity index (χ0v) is 11.9. The van der Waals surface area contributed by atoms with Crippen LogP contribution in [-0.2, 0) is 4.79 Å². The molecule has 0 aliphatic rings. The van der Waals surface area contributed by atoms with E-state index in [2.05, 4.69) is 0 Å². The first-order valence-corrected chi connectivity index (χ1v) is 6.14. The molecule has 0 bridgehead atoms. The predicted molar refractivity (Wildman–Crippen MR) is 71.4 cm³/mol. The van der Waals surface area contributed by atoms with E-state index in [4.69, 9.17) is 4.74 Å². The number of nitrogens with zero attached hydrogens (tertiary/aromatic N) is 1. The van der Waals surface area contributed by atoms with Gasteiger partial charge in [-0.2, -0.15) is 0 Å². The Hall–Kier alpha value is -2.11. The van der Waals surface area contributed by atoms with Crippen molar-refractivity contribution in [3.8, 4) is 5.75 Å². The van der Waals surface area contributed by atoms with Crippen LogP contribution in [0.3, 0.4) is 0 Å². The number of hydrogen-bond acceptors (Lipinski definition) is 3. The van der Waals surface area contributed by atoms with Crippen molar-refractivity contribution in [1.29, 1.82) is 0 Å². The molecule has 5 nitrogen and oxygen atoms in total. The van der Waals surface area contributed by atoms with Crippen molar-refractivity contribution in [1.82, 2.24) is 4.90 Å². The van der Waals surface area contributed by atoms with Gasteiger partial charge in [-0.25, -0.2) is 9.18 Å². The summed E-state index contributed by atoms with van der Waals surface area (Å²) in [4.78, 5) is 24.9. The number of methoxy groups -OCH3 is 1. The van der Waals surface area contributed by atoms with Gasteiger partial charge in [-0.1, -0.05) is 0 Å². The third kappa shape index (κ3) is 2.89. The topological polar surface area (TPSA) is 66.8 Å². The van der Waals surface area contributed by atoms with Crippen molar-refractivity contribution < 1.29 is 23.8 Å². The van der Waals surface area contributed by atoms with Gasteiger partial charge >= 0.3 is 5.97 Å². The number of amides is 1. The van der Waals surface area contributed by atoms with Crippen LogP contribution in [0.25, 0.3) is 0 Å². The van der Waals surface area contributed by atoms with E-state index < -0.39 is 23.2 Å². The molecule has 0 heterocycles. The molecule has 0 atom stereocenters. The first kappa shape index (κ1) is 15.9. The summed E-state index contributed by atoms with van der Waals surface area (Å²) in [7, 11) is 1.30. The first-order chi connectivity index (χ1) is 9.25. The summed E-state index contributed by atoms with van der Waals surface area (Å²) in [6.45, 7) is 4.79. The van der Waals surface area contributed by atoms with Gasteiger partial charge < -0.3 is 14.7 Å². The van der Waals surface area contributed by atoms with Crippen LogP contribution >= 0.6 is 0 Å². The molecular weight excluding hydrogens is 265 g/mol. The van der Waals surface area contributed by atoms with E-state index in [-0.39, 0.29) is 17.9 Å². The number of carbonyl (C=O) groups is 2. The summed E-state index contributed by atoms with van der Waals surface area (Å²) in [5, 5.41) is 9.20. The molecule has 1 amide bonds. The summed E-state index contributed by atoms with van der Waals surface area (Å²) in [5.74, 6) is -2.23. The quantitative estimate of drug-likeness (QED) is 0.899. The molecular formula is C14H18FNO4. The van der Waals surface area contributed by atoms with Crippen LogP contribution in [0.1, 0.15) is 31.1 Å². The summed E-state index contributed by atoms with van der Waals surface area (Å²) in [6, 6.07) is 3.69. The fourth-order valence-corrected chi connectivity index (χ4v) is 1.86. The van der Waals surface area contributed by atoms with E-state index in [0.29, 0.717) is 0 Å². The third-order valence-electron chi connectivity index (χ3n) is 3.16. The molecule has 1 N–H and O–H groups in total. The maximum absolute atomic E-state index is 13.3. The van der Waals surface area contributed by atoms with Gasteiger partial charge in [-0.05, 0) is 39.0 Å². The second kappa shape index (κ2) is 5.90. The van der Waals surface area contributed by atoms with Crippen molar-refractivity contribution in [3.05, 3.63) is 29.6 Å². The molecule has 0 fully saturated rings. The van der Waals surface area contributed by atoms with E-state index >= 15 is 0 Å². The first-order valence-electron chi connectivity index (χ1n) is 6.14. The fraction of sp³-hybridized carbons (Fsp3) is 0.429. The number of likely N-dealkylation sites (N-methyl/N-ethyl adjacent to an activating group) is 1. The molecule has 6 heteroatoms. The van der Waals surface area contributed by atoms with Crippen molar-refractivity contribution in [2.24, 2.45) is 0 Å². The fourth-order valence-electron chi connectivity index (χ4n) is 1.86. The van der Waals surface area contributed by atoms with Crippen molar-refractivity contribution in [2.75, 3.05) is 13.7 Å². The second-order valence-electron chi connectivity index (χ2n) is 4.76. The van der Waals surface area contributed by atoms with Crippen LogP contribution in [0.4, 0.5) is 4.39 Å². The second-order valence-corrected chi connectivity index (χ2v) is 4.76. The monoisotopic (exact) mass is 283 g/mol. The highest BCUT2D eigenvalue weighted by atomic mass is 19.1. The molecule has 0 aliphatic heterocycles. The number of carbonyl (C=O) groups excluding carboxylic acids is 1. The van der Waals surface area contributed by atoms with E-state index in [0.717, 1.165) is 6.07 Å². The maximum Gasteiger partial charge on any atom is 0.329 e. The molecule has 0 unspecified atom stereocenters. The summed E-state index contributed by atoms with van der Waals surface area (Å²) in [6.07, 6.45) is 0. The average molecular weight is 283 g/mol. The van der Waals surface area contributed by atoms with Gasteiger partial charge in [0.25, 0.3) is 5.91 Å². The van der Waals surface area contributed by atoms with Crippen LogP contribution in [0.2, 0.25) is 0 Å². The average Bonchev–Trinajstić information content (AvgIpc) is 2.39. The van der Waals surface area contributed by atoms with Crippen LogP contribution in [-0.4, -0.2) is 41.1 Å². The Bertz CT molecular complexity index is 528. The highest BCUT2D eigenvalue weighted by Crippen LogP contribution is 2.22. The minimum atomic E-state index is -1.35. The number of halogens is 1. The molecule has 0 aliphatic carbocycles. The maximum atomic E-state index is 13.3. The van der Waals surface area contributed by atoms with Gasteiger partial charge in [0, 0.05) is 12.1 Å². The highest BCUT2D eigenvalue weighted by molar-refractivity contribution is 5.98. The number of aliphatic carboxylic acids is 1. The van der Waals surface area contributed by atoms with Crippen molar-refractivity contribution >= 4 is 11.9 Å². The molecule has 0 spiro atoms. The Labute approximate surface area is 117 Å². The van der Waals surface area contributed by atoms with Gasteiger partial charge in [0.05, 0.1) is 7.11 Å². The summed E-state index contributed by atoms with van der Waals surface area (Å²) in [5.41, 5.74) is -1.17. The molecule has 20 heavy (non-hydrogen) atoms. The summed E-state index contributed by atoms with van der Waals surface area (Å²) < 4.78 is 18.2. The Balaban J connectivity index is 3.18. The lowest BCUT2D eigenvalue weighted by molar-refractivity contribution is -0.147. The summed E-state index contributed by atoms with van der Waals surface area (Å²) >= 11 is 0. The predicted octanol–water partition coefficient (Wildman–Crippen LogP) is 2.16. The van der Waals surface area contributed by atoms with Gasteiger partial charge in [-0.3, -0.25) is 4.79 Å². The Kier molecular flexibility index (Phi) is 4.70. The largest absolute Gasteiger partial charge is 0.494 e. The number of carboxylic acids is 1. The molecule has 0 saturated heterocycles. The van der Waals surface area contributed by atoms with E-state index in [1.54, 1.807) is 6.92 Å². The standard InChI is InChI=1S/C14H18FNO4/c1-5-16(14(2,3)13(18)19)12(17)9-6-7-10(15)11(8-9)20-4/h6-8H,5H2,1-4H3,(H,18,19). The van der Waals surface area contributed by atoms with Gasteiger partial charge in [-0.15, -0.1) is 0 Å². The number of benzene rings is 1. The smallest absolute Gasteiger partial charge is 0.329 e. The number of carboxylic acid groups (broad SMARTS) is 1. The lowest BCUT2D eigenvalue weighted by atomic mass is 10.0. The third-order valence-corrected chi connectivity index (χ3v) is 3.16. The lowest BCUT2D eigenvalue weighted by Crippen LogP contribution is -2.52. The molecule has 0 radical (unpaired) electrons. The Morgan fingerprint density at radius 3 is 2.45 bits per heavy atom. The van der Waals surface area contributed by atoms with E-state index in [1.807, 2.05) is 0 Å². The number of hydrogen-bond donors (Lipinski definition) is 1. The zero-order chi connectivity index (χ0) is 15.5. The molecule has 0 aromatic heterocycles. The van der Waals surface area contributed by atoms with Crippen LogP contribution in [0, 0.1) is 5.82 Å². The van der Waals surface area contributed by atoms with E-state index in [9.17, 15) is 19.1 Å². The van der Waals surface area contributed by atoms with Crippen LogP contribution in [0.5, 0.6) is 5.75 Å². The molecule has 0 saturated carbocycles. The Morgan fingerprint density at radius 1 is 1.40 bits per heavy atom. The van der Waals surface area contributed by atoms with Crippen LogP contribution < -0.4 is 4.74 Å². The molecule has 1 rings (SSSR count). The number of rotatable bonds is 5. The lowest BCUT2D eigenvalue weighted by Gasteiger charge is -2.34. The van der Waals surface area contributed by atoms with Gasteiger partial charge in [0.1, 0.15) is 5.54 Å². The molecule has 1 aromatic rings. The normalized spacial score (nSPS) is 11.1. The molecule has 110 valence electrons. The zero-order valence-electron chi connectivity index (χ0n) is 11.9. The molecule has 1 aromatic carbocycles. The SMILES string of the molecule is CCN(C(=O)c1ccc(F)c(OC)c1)C(C)(C)C(=O)O. The Morgan fingerprint density at radius 2 is 2.00 bits per heavy atom. The number of ether oxygens (including phenoxy) is 1. The van der Waals surface area contributed by atoms with Crippen LogP contribution in [0.15, 0.2) is 18.2 Å². The van der Waals surface area contributed by atoms with Gasteiger partial charge in [0.15, 0.2) is 11.6 Å². The highest BCUT2D eigenvalue weighted by Gasteiger charge is 2.37. The van der Waals surface area contributed by atoms with Gasteiger partial charge in [0.2, 0.25) is 0 Å². The van der Waals surface area contributed by atoms with E-state index in [1.165, 1.54) is 38.0 Å². The minimum Gasteiger partial charge on any atom is -0.494 e. The van der Waals surface area contributed by atoms with Crippen molar-refractivity contribution in [3.63, 3.8) is 0 Å².